The van der Waals surface area contributed by atoms with Crippen LogP contribution in [0.2, 0.25) is 0 Å². The molecule has 0 radical (unpaired) electrons. The zero-order valence-electron chi connectivity index (χ0n) is 11.9. The maximum atomic E-state index is 5.84. The van der Waals surface area contributed by atoms with Gasteiger partial charge >= 0.3 is 0 Å². The van der Waals surface area contributed by atoms with E-state index >= 15 is 0 Å². The predicted octanol–water partition coefficient (Wildman–Crippen LogP) is 3.87. The smallest absolute Gasteiger partial charge is 0.145 e. The first-order valence-electron chi connectivity index (χ1n) is 7.88. The van der Waals surface area contributed by atoms with E-state index < -0.39 is 0 Å². The van der Waals surface area contributed by atoms with Crippen molar-refractivity contribution in [1.82, 2.24) is 0 Å². The fraction of sp³-hybridized carbons (Fsp3) is 1.00. The second-order valence-electron chi connectivity index (χ2n) is 6.47. The molecule has 0 atom stereocenters. The summed E-state index contributed by atoms with van der Waals surface area (Å²) in [4.78, 5) is 0. The molecular weight excluding hydrogens is 351 g/mol. The van der Waals surface area contributed by atoms with Crippen LogP contribution < -0.4 is 0 Å². The lowest BCUT2D eigenvalue weighted by Gasteiger charge is -2.48. The van der Waals surface area contributed by atoms with Gasteiger partial charge in [-0.15, -0.1) is 0 Å². The van der Waals surface area contributed by atoms with Crippen LogP contribution in [0.4, 0.5) is 0 Å². The number of rotatable bonds is 5. The molecule has 2 saturated carbocycles. The largest absolute Gasteiger partial charge is 0.427 e. The first-order valence-corrected chi connectivity index (χ1v) is 10.2. The van der Waals surface area contributed by atoms with E-state index in [1.807, 2.05) is 0 Å². The van der Waals surface area contributed by atoms with E-state index in [-0.39, 0.29) is 0 Å². The van der Waals surface area contributed by atoms with Crippen molar-refractivity contribution in [3.8, 4) is 0 Å². The third-order valence-electron chi connectivity index (χ3n) is 5.50. The van der Waals surface area contributed by atoms with Crippen LogP contribution in [0.15, 0.2) is 0 Å². The molecule has 0 N–H and O–H groups in total. The van der Waals surface area contributed by atoms with Crippen LogP contribution in [0.5, 0.6) is 0 Å². The molecule has 3 heteroatoms. The summed E-state index contributed by atoms with van der Waals surface area (Å²) in [6, 6.07) is 0. The Kier molecular flexibility index (Phi) is 6.48. The Morgan fingerprint density at radius 2 is 1.33 bits per heavy atom. The summed E-state index contributed by atoms with van der Waals surface area (Å²) >= 11 is 2.67. The minimum Gasteiger partial charge on any atom is -0.427 e. The van der Waals surface area contributed by atoms with Gasteiger partial charge in [0, 0.05) is 16.4 Å². The second kappa shape index (κ2) is 7.63. The zero-order chi connectivity index (χ0) is 12.8. The summed E-state index contributed by atoms with van der Waals surface area (Å²) in [6.45, 7) is 1.07. The molecule has 2 rings (SSSR count). The van der Waals surface area contributed by atoms with Crippen molar-refractivity contribution in [1.29, 1.82) is 0 Å². The molecule has 2 aliphatic carbocycles. The van der Waals surface area contributed by atoms with Crippen molar-refractivity contribution in [3.05, 3.63) is 0 Å². The average Bonchev–Trinajstić information content (AvgIpc) is 2.47. The third kappa shape index (κ3) is 3.32. The molecule has 0 bridgehead atoms. The minimum absolute atomic E-state index is 0.531. The first-order chi connectivity index (χ1) is 8.83. The Morgan fingerprint density at radius 3 is 1.67 bits per heavy atom. The average molecular weight is 380 g/mol. The van der Waals surface area contributed by atoms with E-state index in [4.69, 9.17) is 4.43 Å². The van der Waals surface area contributed by atoms with Crippen molar-refractivity contribution < 1.29 is 4.43 Å². The minimum atomic E-state index is 0.531. The lowest BCUT2D eigenvalue weighted by Crippen LogP contribution is -2.45. The Balaban J connectivity index is 2.13. The van der Waals surface area contributed by atoms with Gasteiger partial charge in [0.15, 0.2) is 0 Å². The van der Waals surface area contributed by atoms with E-state index in [9.17, 15) is 0 Å². The first kappa shape index (κ1) is 15.3. The van der Waals surface area contributed by atoms with Crippen molar-refractivity contribution in [3.63, 3.8) is 0 Å². The molecule has 18 heavy (non-hydrogen) atoms. The highest BCUT2D eigenvalue weighted by molar-refractivity contribution is 14.1. The summed E-state index contributed by atoms with van der Waals surface area (Å²) in [5.74, 6) is 1.92. The molecule has 106 valence electrons. The predicted molar refractivity (Wildman–Crippen MR) is 90.4 cm³/mol. The van der Waals surface area contributed by atoms with Gasteiger partial charge in [0.1, 0.15) is 10.5 Å². The SMILES string of the molecule is [SiH3]OCC(CI)(C1CCCCC1)C1CCCCC1. The van der Waals surface area contributed by atoms with E-state index in [2.05, 4.69) is 22.6 Å². The molecule has 0 aromatic rings. The van der Waals surface area contributed by atoms with Crippen molar-refractivity contribution in [2.45, 2.75) is 64.2 Å². The highest BCUT2D eigenvalue weighted by Crippen LogP contribution is 2.50. The van der Waals surface area contributed by atoms with Gasteiger partial charge in [-0.3, -0.25) is 0 Å². The quantitative estimate of drug-likeness (QED) is 0.400. The van der Waals surface area contributed by atoms with E-state index in [1.165, 1.54) is 68.6 Å². The maximum Gasteiger partial charge on any atom is 0.145 e. The number of alkyl halides is 1. The van der Waals surface area contributed by atoms with Gasteiger partial charge in [0.25, 0.3) is 0 Å². The molecule has 0 spiro atoms. The van der Waals surface area contributed by atoms with E-state index in [0.717, 1.165) is 28.9 Å². The molecule has 0 amide bonds. The van der Waals surface area contributed by atoms with Gasteiger partial charge in [0.2, 0.25) is 0 Å². The molecule has 0 aromatic heterocycles. The Morgan fingerprint density at radius 1 is 0.889 bits per heavy atom. The standard InChI is InChI=1S/C15H29IOSi/c16-11-15(12-17-18,13-7-3-1-4-8-13)14-9-5-2-6-10-14/h13-14H,1-12H2,18H3. The van der Waals surface area contributed by atoms with Gasteiger partial charge < -0.3 is 4.43 Å². The van der Waals surface area contributed by atoms with Crippen LogP contribution in [0.1, 0.15) is 64.2 Å². The molecule has 0 aromatic carbocycles. The third-order valence-corrected chi connectivity index (χ3v) is 7.21. The van der Waals surface area contributed by atoms with Crippen molar-refractivity contribution in [2.75, 3.05) is 11.0 Å². The van der Waals surface area contributed by atoms with Gasteiger partial charge in [-0.2, -0.15) is 0 Å². The number of hydrogen-bond acceptors (Lipinski definition) is 1. The monoisotopic (exact) mass is 380 g/mol. The molecule has 0 unspecified atom stereocenters. The number of halogens is 1. The molecule has 0 saturated heterocycles. The summed E-state index contributed by atoms with van der Waals surface area (Å²) in [5, 5.41) is 0. The van der Waals surface area contributed by atoms with Crippen LogP contribution >= 0.6 is 22.6 Å². The number of hydrogen-bond donors (Lipinski definition) is 0. The molecule has 1 nitrogen and oxygen atoms in total. The molecular formula is C15H29IOSi. The molecule has 0 heterocycles. The fourth-order valence-corrected chi connectivity index (χ4v) is 6.45. The van der Waals surface area contributed by atoms with Crippen molar-refractivity contribution >= 4 is 33.1 Å². The molecule has 2 aliphatic rings. The van der Waals surface area contributed by atoms with Gasteiger partial charge in [-0.1, -0.05) is 61.1 Å². The molecule has 2 fully saturated rings. The van der Waals surface area contributed by atoms with Crippen LogP contribution in [0.3, 0.4) is 0 Å². The highest BCUT2D eigenvalue weighted by atomic mass is 127. The van der Waals surface area contributed by atoms with Gasteiger partial charge in [-0.25, -0.2) is 0 Å². The van der Waals surface area contributed by atoms with Crippen LogP contribution in [-0.4, -0.2) is 21.5 Å². The Labute approximate surface area is 130 Å². The summed E-state index contributed by atoms with van der Waals surface area (Å²) in [7, 11) is 0.912. The summed E-state index contributed by atoms with van der Waals surface area (Å²) in [5.41, 5.74) is 0.531. The highest BCUT2D eigenvalue weighted by Gasteiger charge is 2.44. The summed E-state index contributed by atoms with van der Waals surface area (Å²) < 4.78 is 7.16. The maximum absolute atomic E-state index is 5.84. The van der Waals surface area contributed by atoms with Crippen LogP contribution in [0.25, 0.3) is 0 Å². The Hall–Kier alpha value is 0.907. The van der Waals surface area contributed by atoms with Crippen molar-refractivity contribution in [2.24, 2.45) is 17.3 Å². The van der Waals surface area contributed by atoms with Gasteiger partial charge in [0.05, 0.1) is 0 Å². The van der Waals surface area contributed by atoms with Gasteiger partial charge in [-0.05, 0) is 37.5 Å². The normalized spacial score (nSPS) is 24.5. The molecule has 0 aliphatic heterocycles. The lowest BCUT2D eigenvalue weighted by molar-refractivity contribution is 0.00563. The van der Waals surface area contributed by atoms with E-state index in [0.29, 0.717) is 5.41 Å². The zero-order valence-corrected chi connectivity index (χ0v) is 16.1. The van der Waals surface area contributed by atoms with E-state index in [1.54, 1.807) is 0 Å². The Bertz CT molecular complexity index is 217. The van der Waals surface area contributed by atoms with Crippen LogP contribution in [0, 0.1) is 17.3 Å². The topological polar surface area (TPSA) is 9.23 Å². The summed E-state index contributed by atoms with van der Waals surface area (Å²) in [6.07, 6.45) is 14.7. The lowest BCUT2D eigenvalue weighted by atomic mass is 9.60. The van der Waals surface area contributed by atoms with Crippen LogP contribution in [-0.2, 0) is 4.43 Å². The second-order valence-corrected chi connectivity index (χ2v) is 7.81. The fourth-order valence-electron chi connectivity index (χ4n) is 4.45.